The number of nitrogens with zero attached hydrogens (tertiary/aromatic N) is 1. The number of halogens is 1. The third kappa shape index (κ3) is 6.69. The van der Waals surface area contributed by atoms with Crippen molar-refractivity contribution in [3.63, 3.8) is 0 Å². The van der Waals surface area contributed by atoms with Crippen LogP contribution in [0.5, 0.6) is 0 Å². The number of hydrogen-bond acceptors (Lipinski definition) is 4. The quantitative estimate of drug-likeness (QED) is 0.469. The van der Waals surface area contributed by atoms with E-state index in [-0.39, 0.29) is 17.9 Å². The van der Waals surface area contributed by atoms with Crippen LogP contribution in [0.3, 0.4) is 0 Å². The van der Waals surface area contributed by atoms with Crippen molar-refractivity contribution >= 4 is 45.1 Å². The van der Waals surface area contributed by atoms with Crippen LogP contribution in [0, 0.1) is 0 Å². The van der Waals surface area contributed by atoms with E-state index >= 15 is 0 Å². The predicted octanol–water partition coefficient (Wildman–Crippen LogP) is 3.78. The van der Waals surface area contributed by atoms with E-state index in [1.54, 1.807) is 24.3 Å². The number of hydrogen-bond donors (Lipinski definition) is 3. The minimum absolute atomic E-state index is 0.0664. The van der Waals surface area contributed by atoms with Crippen LogP contribution in [0.2, 0.25) is 0 Å². The molecule has 0 saturated carbocycles. The SMILES string of the molecule is CC(=O)Nc1cccc(C(=O)NC(=NCC2CCCO2)Nc2ccc(Br)cc2)c1. The average molecular weight is 459 g/mol. The molecule has 2 aromatic carbocycles. The molecule has 3 rings (SSSR count). The Morgan fingerprint density at radius 1 is 1.14 bits per heavy atom. The summed E-state index contributed by atoms with van der Waals surface area (Å²) in [7, 11) is 0. The molecule has 2 amide bonds. The van der Waals surface area contributed by atoms with Gasteiger partial charge in [-0.1, -0.05) is 22.0 Å². The fourth-order valence-corrected chi connectivity index (χ4v) is 3.15. The van der Waals surface area contributed by atoms with Crippen molar-refractivity contribution in [3.8, 4) is 0 Å². The van der Waals surface area contributed by atoms with Crippen molar-refractivity contribution in [2.45, 2.75) is 25.9 Å². The number of amides is 2. The lowest BCUT2D eigenvalue weighted by Crippen LogP contribution is -2.36. The van der Waals surface area contributed by atoms with Gasteiger partial charge in [-0.3, -0.25) is 14.9 Å². The van der Waals surface area contributed by atoms with Gasteiger partial charge in [0.2, 0.25) is 11.9 Å². The molecule has 8 heteroatoms. The molecule has 1 aliphatic heterocycles. The molecule has 1 heterocycles. The Bertz CT molecular complexity index is 893. The summed E-state index contributed by atoms with van der Waals surface area (Å²) < 4.78 is 6.58. The lowest BCUT2D eigenvalue weighted by molar-refractivity contribution is -0.114. The molecule has 1 atom stereocenters. The molecule has 0 bridgehead atoms. The number of carbonyl (C=O) groups excluding carboxylic acids is 2. The van der Waals surface area contributed by atoms with Crippen LogP contribution < -0.4 is 16.0 Å². The lowest BCUT2D eigenvalue weighted by atomic mass is 10.2. The van der Waals surface area contributed by atoms with E-state index < -0.39 is 0 Å². The van der Waals surface area contributed by atoms with E-state index in [0.717, 1.165) is 29.6 Å². The molecular weight excluding hydrogens is 436 g/mol. The summed E-state index contributed by atoms with van der Waals surface area (Å²) in [5.74, 6) is -0.177. The zero-order chi connectivity index (χ0) is 20.6. The molecule has 0 aliphatic carbocycles. The van der Waals surface area contributed by atoms with Crippen LogP contribution in [0.4, 0.5) is 11.4 Å². The number of benzene rings is 2. The van der Waals surface area contributed by atoms with Gasteiger partial charge in [-0.2, -0.15) is 0 Å². The number of carbonyl (C=O) groups is 2. The van der Waals surface area contributed by atoms with Crippen molar-refractivity contribution in [2.24, 2.45) is 4.99 Å². The summed E-state index contributed by atoms with van der Waals surface area (Å²) in [5, 5.41) is 8.65. The molecule has 0 spiro atoms. The molecule has 1 fully saturated rings. The highest BCUT2D eigenvalue weighted by Gasteiger charge is 2.16. The van der Waals surface area contributed by atoms with Gasteiger partial charge in [0.25, 0.3) is 5.91 Å². The van der Waals surface area contributed by atoms with Gasteiger partial charge in [0.1, 0.15) is 0 Å². The third-order valence-electron chi connectivity index (χ3n) is 4.26. The van der Waals surface area contributed by atoms with Crippen molar-refractivity contribution in [3.05, 3.63) is 58.6 Å². The zero-order valence-electron chi connectivity index (χ0n) is 16.1. The monoisotopic (exact) mass is 458 g/mol. The van der Waals surface area contributed by atoms with Crippen molar-refractivity contribution < 1.29 is 14.3 Å². The fourth-order valence-electron chi connectivity index (χ4n) is 2.88. The minimum atomic E-state index is -0.326. The molecule has 2 aromatic rings. The maximum absolute atomic E-state index is 12.8. The lowest BCUT2D eigenvalue weighted by Gasteiger charge is -2.14. The normalized spacial score (nSPS) is 16.3. The predicted molar refractivity (Wildman–Crippen MR) is 117 cm³/mol. The van der Waals surface area contributed by atoms with Crippen LogP contribution >= 0.6 is 15.9 Å². The summed E-state index contributed by atoms with van der Waals surface area (Å²) in [6.07, 6.45) is 2.05. The van der Waals surface area contributed by atoms with Gasteiger partial charge >= 0.3 is 0 Å². The summed E-state index contributed by atoms with van der Waals surface area (Å²) in [6.45, 7) is 2.63. The Morgan fingerprint density at radius 3 is 2.62 bits per heavy atom. The topological polar surface area (TPSA) is 91.8 Å². The number of anilines is 2. The first-order chi connectivity index (χ1) is 14.0. The number of rotatable bonds is 5. The summed E-state index contributed by atoms with van der Waals surface area (Å²) in [5.41, 5.74) is 1.77. The van der Waals surface area contributed by atoms with Gasteiger partial charge < -0.3 is 15.4 Å². The number of aliphatic imine (C=N–C) groups is 1. The van der Waals surface area contributed by atoms with Gasteiger partial charge in [0.15, 0.2) is 0 Å². The van der Waals surface area contributed by atoms with Gasteiger partial charge in [0.05, 0.1) is 12.6 Å². The first kappa shape index (κ1) is 21.0. The highest BCUT2D eigenvalue weighted by atomic mass is 79.9. The van der Waals surface area contributed by atoms with Crippen LogP contribution in [0.15, 0.2) is 58.0 Å². The highest BCUT2D eigenvalue weighted by Crippen LogP contribution is 2.15. The van der Waals surface area contributed by atoms with Crippen molar-refractivity contribution in [1.82, 2.24) is 5.32 Å². The molecule has 0 aromatic heterocycles. The van der Waals surface area contributed by atoms with Crippen LogP contribution in [0.1, 0.15) is 30.1 Å². The van der Waals surface area contributed by atoms with E-state index in [2.05, 4.69) is 36.9 Å². The summed E-state index contributed by atoms with van der Waals surface area (Å²) in [4.78, 5) is 28.5. The van der Waals surface area contributed by atoms with E-state index in [9.17, 15) is 9.59 Å². The maximum atomic E-state index is 12.8. The minimum Gasteiger partial charge on any atom is -0.376 e. The Hall–Kier alpha value is -2.71. The number of ether oxygens (including phenoxy) is 1. The first-order valence-corrected chi connectivity index (χ1v) is 10.2. The van der Waals surface area contributed by atoms with Crippen LogP contribution in [-0.2, 0) is 9.53 Å². The summed E-state index contributed by atoms with van der Waals surface area (Å²) in [6, 6.07) is 14.3. The molecular formula is C21H23BrN4O3. The van der Waals surface area contributed by atoms with Crippen molar-refractivity contribution in [1.29, 1.82) is 0 Å². The largest absolute Gasteiger partial charge is 0.376 e. The fraction of sp³-hybridized carbons (Fsp3) is 0.286. The van der Waals surface area contributed by atoms with Gasteiger partial charge in [-0.25, -0.2) is 4.99 Å². The first-order valence-electron chi connectivity index (χ1n) is 9.37. The van der Waals surface area contributed by atoms with Gasteiger partial charge in [0, 0.05) is 34.9 Å². The Labute approximate surface area is 178 Å². The second-order valence-electron chi connectivity index (χ2n) is 6.67. The maximum Gasteiger partial charge on any atom is 0.258 e. The molecule has 3 N–H and O–H groups in total. The van der Waals surface area contributed by atoms with Gasteiger partial charge in [-0.15, -0.1) is 0 Å². The Kier molecular flexibility index (Phi) is 7.37. The molecule has 152 valence electrons. The van der Waals surface area contributed by atoms with Crippen molar-refractivity contribution in [2.75, 3.05) is 23.8 Å². The van der Waals surface area contributed by atoms with E-state index in [0.29, 0.717) is 23.8 Å². The molecule has 29 heavy (non-hydrogen) atoms. The second kappa shape index (κ2) is 10.2. The molecule has 1 unspecified atom stereocenters. The van der Waals surface area contributed by atoms with E-state index in [4.69, 9.17) is 4.74 Å². The molecule has 1 saturated heterocycles. The summed E-state index contributed by atoms with van der Waals surface area (Å²) >= 11 is 3.41. The number of guanidine groups is 1. The Balaban J connectivity index is 1.74. The van der Waals surface area contributed by atoms with Crippen LogP contribution in [-0.4, -0.2) is 37.0 Å². The molecule has 1 aliphatic rings. The standard InChI is InChI=1S/C21H23BrN4O3/c1-14(27)24-18-5-2-4-15(12-18)20(28)26-21(23-13-19-6-3-11-29-19)25-17-9-7-16(22)8-10-17/h2,4-5,7-10,12,19H,3,6,11,13H2,1H3,(H,24,27)(H2,23,25,26,28). The molecule has 7 nitrogen and oxygen atoms in total. The van der Waals surface area contributed by atoms with E-state index in [1.165, 1.54) is 6.92 Å². The molecule has 0 radical (unpaired) electrons. The Morgan fingerprint density at radius 2 is 1.93 bits per heavy atom. The smallest absolute Gasteiger partial charge is 0.258 e. The second-order valence-corrected chi connectivity index (χ2v) is 7.59. The highest BCUT2D eigenvalue weighted by molar-refractivity contribution is 9.10. The zero-order valence-corrected chi connectivity index (χ0v) is 17.7. The van der Waals surface area contributed by atoms with E-state index in [1.807, 2.05) is 24.3 Å². The average Bonchev–Trinajstić information content (AvgIpc) is 3.21. The number of nitrogens with one attached hydrogen (secondary N) is 3. The van der Waals surface area contributed by atoms with Gasteiger partial charge in [-0.05, 0) is 55.3 Å². The van der Waals surface area contributed by atoms with Crippen LogP contribution in [0.25, 0.3) is 0 Å². The third-order valence-corrected chi connectivity index (χ3v) is 4.79.